The maximum atomic E-state index is 2.62. The summed E-state index contributed by atoms with van der Waals surface area (Å²) in [5, 5.41) is 0. The minimum absolute atomic E-state index is 0.734. The second kappa shape index (κ2) is 4.10. The summed E-state index contributed by atoms with van der Waals surface area (Å²) in [6, 6.07) is 0.734. The van der Waals surface area contributed by atoms with Crippen molar-refractivity contribution < 1.29 is 0 Å². The molecular weight excluding hydrogens is 158 g/mol. The Bertz CT molecular complexity index is 227. The Labute approximate surface area is 81.1 Å². The number of hydrogen-bond donors (Lipinski definition) is 0. The van der Waals surface area contributed by atoms with Gasteiger partial charge in [0.2, 0.25) is 0 Å². The van der Waals surface area contributed by atoms with Crippen LogP contribution in [0.3, 0.4) is 0 Å². The molecule has 0 saturated carbocycles. The van der Waals surface area contributed by atoms with Crippen LogP contribution in [0.2, 0.25) is 0 Å². The van der Waals surface area contributed by atoms with Crippen LogP contribution >= 0.6 is 0 Å². The Morgan fingerprint density at radius 3 is 3.00 bits per heavy atom. The van der Waals surface area contributed by atoms with Gasteiger partial charge < -0.3 is 0 Å². The van der Waals surface area contributed by atoms with Gasteiger partial charge in [-0.25, -0.2) is 0 Å². The molecule has 1 heteroatoms. The first-order valence-electron chi connectivity index (χ1n) is 5.42. The first-order valence-corrected chi connectivity index (χ1v) is 5.42. The van der Waals surface area contributed by atoms with Crippen LogP contribution in [0.15, 0.2) is 23.8 Å². The minimum atomic E-state index is 0.734. The molecule has 2 rings (SSSR count). The average molecular weight is 177 g/mol. The highest BCUT2D eigenvalue weighted by molar-refractivity contribution is 5.08. The number of allylic oxidation sites excluding steroid dienone is 1. The molecule has 0 N–H and O–H groups in total. The lowest BCUT2D eigenvalue weighted by atomic mass is 9.99. The van der Waals surface area contributed by atoms with E-state index in [0.29, 0.717) is 0 Å². The van der Waals surface area contributed by atoms with Crippen molar-refractivity contribution in [1.29, 1.82) is 0 Å². The van der Waals surface area contributed by atoms with Crippen molar-refractivity contribution in [1.82, 2.24) is 4.90 Å². The number of nitrogens with zero attached hydrogens (tertiary/aromatic N) is 1. The summed E-state index contributed by atoms with van der Waals surface area (Å²) < 4.78 is 0. The van der Waals surface area contributed by atoms with Crippen LogP contribution in [0.25, 0.3) is 0 Å². The maximum absolute atomic E-state index is 2.62. The zero-order chi connectivity index (χ0) is 9.10. The summed E-state index contributed by atoms with van der Waals surface area (Å²) in [7, 11) is 0. The second-order valence-corrected chi connectivity index (χ2v) is 4.24. The van der Waals surface area contributed by atoms with Crippen LogP contribution in [0.1, 0.15) is 32.6 Å². The highest BCUT2D eigenvalue weighted by Gasteiger charge is 2.18. The quantitative estimate of drug-likeness (QED) is 0.557. The molecule has 1 nitrogen and oxygen atoms in total. The lowest BCUT2D eigenvalue weighted by Gasteiger charge is -2.33. The number of hydrogen-bond acceptors (Lipinski definition) is 1. The molecule has 1 unspecified atom stereocenters. The Morgan fingerprint density at radius 2 is 2.31 bits per heavy atom. The van der Waals surface area contributed by atoms with E-state index in [0.717, 1.165) is 6.04 Å². The Balaban J connectivity index is 1.96. The topological polar surface area (TPSA) is 3.24 Å². The third-order valence-electron chi connectivity index (χ3n) is 3.06. The first-order chi connectivity index (χ1) is 6.36. The fourth-order valence-electron chi connectivity index (χ4n) is 2.32. The van der Waals surface area contributed by atoms with Gasteiger partial charge >= 0.3 is 0 Å². The molecule has 0 aromatic carbocycles. The van der Waals surface area contributed by atoms with Crippen molar-refractivity contribution >= 4 is 0 Å². The lowest BCUT2D eigenvalue weighted by molar-refractivity contribution is 0.226. The molecule has 2 aliphatic rings. The zero-order valence-electron chi connectivity index (χ0n) is 8.50. The van der Waals surface area contributed by atoms with Gasteiger partial charge in [-0.3, -0.25) is 4.90 Å². The van der Waals surface area contributed by atoms with E-state index in [2.05, 4.69) is 30.1 Å². The molecule has 0 fully saturated rings. The maximum Gasteiger partial charge on any atom is 0.0281 e. The van der Waals surface area contributed by atoms with Crippen LogP contribution in [0.4, 0.5) is 0 Å². The smallest absolute Gasteiger partial charge is 0.0281 e. The Kier molecular flexibility index (Phi) is 2.84. The van der Waals surface area contributed by atoms with Crippen molar-refractivity contribution in [2.24, 2.45) is 0 Å². The van der Waals surface area contributed by atoms with Crippen LogP contribution < -0.4 is 0 Å². The predicted octanol–water partition coefficient (Wildman–Crippen LogP) is 2.75. The largest absolute Gasteiger partial charge is 0.293 e. The Hall–Kier alpha value is -0.560. The summed E-state index contributed by atoms with van der Waals surface area (Å²) in [5.74, 6) is 0. The van der Waals surface area contributed by atoms with E-state index < -0.39 is 0 Å². The van der Waals surface area contributed by atoms with Crippen LogP contribution in [-0.4, -0.2) is 24.0 Å². The van der Waals surface area contributed by atoms with E-state index in [-0.39, 0.29) is 0 Å². The van der Waals surface area contributed by atoms with Crippen molar-refractivity contribution in [3.8, 4) is 0 Å². The summed E-state index contributed by atoms with van der Waals surface area (Å²) in [6.07, 6.45) is 12.4. The number of rotatable bonds is 1. The van der Waals surface area contributed by atoms with E-state index in [4.69, 9.17) is 0 Å². The minimum Gasteiger partial charge on any atom is -0.293 e. The van der Waals surface area contributed by atoms with Gasteiger partial charge in [0.05, 0.1) is 0 Å². The molecule has 0 aromatic rings. The molecular formula is C12H19N. The standard InChI is InChI=1S/C12H19N/c1-11-6-5-9-13(10-11)12-7-3-2-4-8-12/h3,6-7,12H,2,4-5,8-10H2,1H3. The summed E-state index contributed by atoms with van der Waals surface area (Å²) in [6.45, 7) is 4.69. The third-order valence-corrected chi connectivity index (χ3v) is 3.06. The van der Waals surface area contributed by atoms with E-state index in [1.807, 2.05) is 0 Å². The summed E-state index contributed by atoms with van der Waals surface area (Å²) in [4.78, 5) is 2.62. The zero-order valence-corrected chi connectivity index (χ0v) is 8.50. The van der Waals surface area contributed by atoms with Crippen LogP contribution in [-0.2, 0) is 0 Å². The molecule has 0 spiro atoms. The van der Waals surface area contributed by atoms with Gasteiger partial charge in [0.1, 0.15) is 0 Å². The predicted molar refractivity (Wildman–Crippen MR) is 56.7 cm³/mol. The molecule has 1 aliphatic carbocycles. The van der Waals surface area contributed by atoms with E-state index in [1.165, 1.54) is 38.8 Å². The van der Waals surface area contributed by atoms with Gasteiger partial charge in [-0.05, 0) is 32.6 Å². The van der Waals surface area contributed by atoms with Gasteiger partial charge in [0.25, 0.3) is 0 Å². The van der Waals surface area contributed by atoms with Gasteiger partial charge in [0.15, 0.2) is 0 Å². The molecule has 1 heterocycles. The highest BCUT2D eigenvalue weighted by Crippen LogP contribution is 2.20. The van der Waals surface area contributed by atoms with Crippen molar-refractivity contribution in [3.63, 3.8) is 0 Å². The van der Waals surface area contributed by atoms with E-state index >= 15 is 0 Å². The fraction of sp³-hybridized carbons (Fsp3) is 0.667. The molecule has 0 radical (unpaired) electrons. The SMILES string of the molecule is CC1=CCCN(C2C=CCCC2)C1. The van der Waals surface area contributed by atoms with Crippen molar-refractivity contribution in [2.75, 3.05) is 13.1 Å². The second-order valence-electron chi connectivity index (χ2n) is 4.24. The van der Waals surface area contributed by atoms with Crippen molar-refractivity contribution in [2.45, 2.75) is 38.6 Å². The van der Waals surface area contributed by atoms with Gasteiger partial charge in [-0.2, -0.15) is 0 Å². The Morgan fingerprint density at radius 1 is 1.38 bits per heavy atom. The molecule has 0 amide bonds. The lowest BCUT2D eigenvalue weighted by Crippen LogP contribution is -2.38. The third kappa shape index (κ3) is 2.22. The fourth-order valence-corrected chi connectivity index (χ4v) is 2.32. The summed E-state index contributed by atoms with van der Waals surface area (Å²) in [5.41, 5.74) is 1.55. The molecule has 0 bridgehead atoms. The van der Waals surface area contributed by atoms with E-state index in [9.17, 15) is 0 Å². The first kappa shape index (κ1) is 9.01. The normalized spacial score (nSPS) is 30.2. The highest BCUT2D eigenvalue weighted by atomic mass is 15.2. The molecule has 0 saturated heterocycles. The van der Waals surface area contributed by atoms with Gasteiger partial charge in [0, 0.05) is 19.1 Å². The summed E-state index contributed by atoms with van der Waals surface area (Å²) >= 11 is 0. The van der Waals surface area contributed by atoms with Gasteiger partial charge in [-0.15, -0.1) is 0 Å². The molecule has 0 aromatic heterocycles. The average Bonchev–Trinajstić information content (AvgIpc) is 2.19. The van der Waals surface area contributed by atoms with Crippen LogP contribution in [0.5, 0.6) is 0 Å². The monoisotopic (exact) mass is 177 g/mol. The molecule has 1 atom stereocenters. The van der Waals surface area contributed by atoms with Crippen LogP contribution in [0, 0.1) is 0 Å². The molecule has 1 aliphatic heterocycles. The molecule has 72 valence electrons. The van der Waals surface area contributed by atoms with Gasteiger partial charge in [-0.1, -0.05) is 23.8 Å². The molecule has 13 heavy (non-hydrogen) atoms. The van der Waals surface area contributed by atoms with Crippen molar-refractivity contribution in [3.05, 3.63) is 23.8 Å². The van der Waals surface area contributed by atoms with E-state index in [1.54, 1.807) is 5.57 Å².